The number of nitrogens with zero attached hydrogens (tertiary/aromatic N) is 2. The first-order valence-corrected chi connectivity index (χ1v) is 9.67. The van der Waals surface area contributed by atoms with Gasteiger partial charge in [0, 0.05) is 38.0 Å². The van der Waals surface area contributed by atoms with E-state index in [1.54, 1.807) is 36.5 Å². The van der Waals surface area contributed by atoms with E-state index >= 15 is 0 Å². The number of hydrogen-bond donors (Lipinski definition) is 1. The van der Waals surface area contributed by atoms with Crippen molar-refractivity contribution in [3.63, 3.8) is 0 Å². The van der Waals surface area contributed by atoms with Crippen LogP contribution in [-0.2, 0) is 6.61 Å². The first kappa shape index (κ1) is 20.3. The zero-order chi connectivity index (χ0) is 19.9. The number of halogens is 3. The monoisotopic (exact) mass is 477 g/mol. The molecule has 0 fully saturated rings. The van der Waals surface area contributed by atoms with Crippen LogP contribution in [0.4, 0.5) is 0 Å². The van der Waals surface area contributed by atoms with Crippen molar-refractivity contribution >= 4 is 51.3 Å². The van der Waals surface area contributed by atoms with E-state index in [1.807, 2.05) is 18.2 Å². The van der Waals surface area contributed by atoms with Crippen LogP contribution >= 0.6 is 39.1 Å². The molecule has 28 heavy (non-hydrogen) atoms. The molecule has 2 aromatic carbocycles. The van der Waals surface area contributed by atoms with Crippen LogP contribution in [0.3, 0.4) is 0 Å². The summed E-state index contributed by atoms with van der Waals surface area (Å²) in [5.74, 6) is 0.239. The SMILES string of the molecule is O=C(N/N=C\c1cc(Br)ccc1OCc1ccc(Cl)cc1Cl)c1cccnc1. The number of rotatable bonds is 6. The van der Waals surface area contributed by atoms with Crippen molar-refractivity contribution in [1.82, 2.24) is 10.4 Å². The predicted molar refractivity (Wildman–Crippen MR) is 114 cm³/mol. The Morgan fingerprint density at radius 1 is 1.21 bits per heavy atom. The molecule has 1 heterocycles. The maximum absolute atomic E-state index is 12.0. The number of benzene rings is 2. The molecule has 1 amide bonds. The van der Waals surface area contributed by atoms with Gasteiger partial charge in [-0.25, -0.2) is 5.43 Å². The number of hydrogen-bond acceptors (Lipinski definition) is 4. The van der Waals surface area contributed by atoms with E-state index in [0.717, 1.165) is 10.0 Å². The second-order valence-corrected chi connectivity index (χ2v) is 7.41. The second kappa shape index (κ2) is 9.68. The van der Waals surface area contributed by atoms with Crippen molar-refractivity contribution in [2.45, 2.75) is 6.61 Å². The Morgan fingerprint density at radius 3 is 2.82 bits per heavy atom. The first-order chi connectivity index (χ1) is 13.5. The van der Waals surface area contributed by atoms with Gasteiger partial charge in [-0.1, -0.05) is 45.2 Å². The number of ether oxygens (including phenoxy) is 1. The van der Waals surface area contributed by atoms with Gasteiger partial charge in [0.1, 0.15) is 12.4 Å². The minimum Gasteiger partial charge on any atom is -0.488 e. The van der Waals surface area contributed by atoms with E-state index in [0.29, 0.717) is 26.9 Å². The summed E-state index contributed by atoms with van der Waals surface area (Å²) in [6, 6.07) is 14.1. The largest absolute Gasteiger partial charge is 0.488 e. The Hall–Kier alpha value is -2.41. The summed E-state index contributed by atoms with van der Waals surface area (Å²) in [5, 5.41) is 5.10. The van der Waals surface area contributed by atoms with Crippen LogP contribution in [0.5, 0.6) is 5.75 Å². The van der Waals surface area contributed by atoms with Crippen LogP contribution in [0.25, 0.3) is 0 Å². The Morgan fingerprint density at radius 2 is 2.07 bits per heavy atom. The molecule has 0 bridgehead atoms. The lowest BCUT2D eigenvalue weighted by Crippen LogP contribution is -2.17. The maximum Gasteiger partial charge on any atom is 0.272 e. The summed E-state index contributed by atoms with van der Waals surface area (Å²) < 4.78 is 6.73. The van der Waals surface area contributed by atoms with Crippen molar-refractivity contribution in [1.29, 1.82) is 0 Å². The highest BCUT2D eigenvalue weighted by molar-refractivity contribution is 9.10. The summed E-state index contributed by atoms with van der Waals surface area (Å²) >= 11 is 15.5. The predicted octanol–water partition coefficient (Wildman–Crippen LogP) is 5.49. The summed E-state index contributed by atoms with van der Waals surface area (Å²) in [4.78, 5) is 15.9. The van der Waals surface area contributed by atoms with Gasteiger partial charge in [-0.3, -0.25) is 9.78 Å². The van der Waals surface area contributed by atoms with E-state index < -0.39 is 0 Å². The van der Waals surface area contributed by atoms with Gasteiger partial charge in [0.25, 0.3) is 5.91 Å². The maximum atomic E-state index is 12.0. The van der Waals surface area contributed by atoms with Crippen LogP contribution in [0, 0.1) is 0 Å². The van der Waals surface area contributed by atoms with Crippen LogP contribution < -0.4 is 10.2 Å². The fraction of sp³-hybridized carbons (Fsp3) is 0.0500. The number of amides is 1. The Labute approximate surface area is 180 Å². The lowest BCUT2D eigenvalue weighted by molar-refractivity contribution is 0.0954. The van der Waals surface area contributed by atoms with Gasteiger partial charge in [-0.2, -0.15) is 5.10 Å². The van der Waals surface area contributed by atoms with Gasteiger partial charge in [-0.05, 0) is 42.5 Å². The van der Waals surface area contributed by atoms with Crippen molar-refractivity contribution < 1.29 is 9.53 Å². The van der Waals surface area contributed by atoms with Gasteiger partial charge >= 0.3 is 0 Å². The summed E-state index contributed by atoms with van der Waals surface area (Å²) in [5.41, 5.74) is 4.38. The minimum absolute atomic E-state index is 0.264. The molecular weight excluding hydrogens is 465 g/mol. The van der Waals surface area contributed by atoms with E-state index in [1.165, 1.54) is 12.4 Å². The number of carbonyl (C=O) groups excluding carboxylic acids is 1. The highest BCUT2D eigenvalue weighted by atomic mass is 79.9. The Bertz CT molecular complexity index is 1010. The number of aromatic nitrogens is 1. The van der Waals surface area contributed by atoms with Crippen LogP contribution in [-0.4, -0.2) is 17.1 Å². The van der Waals surface area contributed by atoms with Crippen molar-refractivity contribution in [3.05, 3.63) is 92.1 Å². The molecule has 0 unspecified atom stereocenters. The topological polar surface area (TPSA) is 63.6 Å². The zero-order valence-electron chi connectivity index (χ0n) is 14.4. The van der Waals surface area contributed by atoms with E-state index in [4.69, 9.17) is 27.9 Å². The normalized spacial score (nSPS) is 10.8. The number of hydrazone groups is 1. The highest BCUT2D eigenvalue weighted by Crippen LogP contribution is 2.25. The minimum atomic E-state index is -0.352. The average molecular weight is 479 g/mol. The quantitative estimate of drug-likeness (QED) is 0.376. The average Bonchev–Trinajstić information content (AvgIpc) is 2.69. The number of pyridine rings is 1. The molecule has 0 aliphatic rings. The second-order valence-electron chi connectivity index (χ2n) is 5.65. The van der Waals surface area contributed by atoms with Crippen molar-refractivity contribution in [3.8, 4) is 5.75 Å². The Balaban J connectivity index is 1.70. The molecular formula is C20H14BrCl2N3O2. The van der Waals surface area contributed by atoms with Gasteiger partial charge in [-0.15, -0.1) is 0 Å². The zero-order valence-corrected chi connectivity index (χ0v) is 17.5. The van der Waals surface area contributed by atoms with Crippen molar-refractivity contribution in [2.75, 3.05) is 0 Å². The van der Waals surface area contributed by atoms with Gasteiger partial charge in [0.15, 0.2) is 0 Å². The van der Waals surface area contributed by atoms with Crippen LogP contribution in [0.15, 0.2) is 70.5 Å². The molecule has 0 aliphatic carbocycles. The van der Waals surface area contributed by atoms with Gasteiger partial charge in [0.2, 0.25) is 0 Å². The third-order valence-corrected chi connectivity index (χ3v) is 4.74. The molecule has 0 atom stereocenters. The lowest BCUT2D eigenvalue weighted by Gasteiger charge is -2.11. The fourth-order valence-electron chi connectivity index (χ4n) is 2.27. The fourth-order valence-corrected chi connectivity index (χ4v) is 3.11. The molecule has 3 rings (SSSR count). The molecule has 0 saturated carbocycles. The molecule has 142 valence electrons. The van der Waals surface area contributed by atoms with Gasteiger partial charge < -0.3 is 4.74 Å². The van der Waals surface area contributed by atoms with Crippen LogP contribution in [0.1, 0.15) is 21.5 Å². The van der Waals surface area contributed by atoms with E-state index in [-0.39, 0.29) is 12.5 Å². The molecule has 3 aromatic rings. The standard InChI is InChI=1S/C20H14BrCl2N3O2/c21-16-4-6-19(28-12-14-3-5-17(22)9-18(14)23)15(8-16)11-25-26-20(27)13-2-1-7-24-10-13/h1-11H,12H2,(H,26,27)/b25-11-. The van der Waals surface area contributed by atoms with E-state index in [9.17, 15) is 4.79 Å². The molecule has 0 aliphatic heterocycles. The molecule has 5 nitrogen and oxygen atoms in total. The summed E-state index contributed by atoms with van der Waals surface area (Å²) in [7, 11) is 0. The molecule has 1 N–H and O–H groups in total. The smallest absolute Gasteiger partial charge is 0.272 e. The summed E-state index contributed by atoms with van der Waals surface area (Å²) in [6.07, 6.45) is 4.57. The highest BCUT2D eigenvalue weighted by Gasteiger charge is 2.07. The van der Waals surface area contributed by atoms with Crippen LogP contribution in [0.2, 0.25) is 10.0 Å². The Kier molecular flexibility index (Phi) is 7.03. The number of nitrogens with one attached hydrogen (secondary N) is 1. The molecule has 0 saturated heterocycles. The van der Waals surface area contributed by atoms with Gasteiger partial charge in [0.05, 0.1) is 11.8 Å². The molecule has 8 heteroatoms. The third-order valence-electron chi connectivity index (χ3n) is 3.66. The third kappa shape index (κ3) is 5.55. The molecule has 1 aromatic heterocycles. The van der Waals surface area contributed by atoms with Crippen molar-refractivity contribution in [2.24, 2.45) is 5.10 Å². The number of carbonyl (C=O) groups is 1. The first-order valence-electron chi connectivity index (χ1n) is 8.12. The van der Waals surface area contributed by atoms with E-state index in [2.05, 4.69) is 31.4 Å². The molecule has 0 radical (unpaired) electrons. The lowest BCUT2D eigenvalue weighted by atomic mass is 10.2. The summed E-state index contributed by atoms with van der Waals surface area (Å²) in [6.45, 7) is 0.264. The molecule has 0 spiro atoms.